The van der Waals surface area contributed by atoms with E-state index in [0.29, 0.717) is 6.61 Å². The monoisotopic (exact) mass is 500 g/mol. The second-order valence-corrected chi connectivity index (χ2v) is 9.58. The maximum Gasteiger partial charge on any atom is 0.319 e. The Balaban J connectivity index is 1.13. The van der Waals surface area contributed by atoms with Crippen molar-refractivity contribution in [2.75, 3.05) is 51.2 Å². The van der Waals surface area contributed by atoms with Crippen LogP contribution in [0.1, 0.15) is 26.2 Å². The van der Waals surface area contributed by atoms with Gasteiger partial charge in [0.25, 0.3) is 0 Å². The van der Waals surface area contributed by atoms with Crippen LogP contribution in [0.2, 0.25) is 0 Å². The third-order valence-corrected chi connectivity index (χ3v) is 7.00. The number of likely N-dealkylation sites (N-methyl/N-ethyl adjacent to an activating group) is 1. The Kier molecular flexibility index (Phi) is 10.4. The van der Waals surface area contributed by atoms with Gasteiger partial charge in [0.1, 0.15) is 12.4 Å². The molecule has 0 atom stereocenters. The van der Waals surface area contributed by atoms with Gasteiger partial charge in [0.15, 0.2) is 0 Å². The maximum absolute atomic E-state index is 12.8. The lowest BCUT2D eigenvalue weighted by Gasteiger charge is -2.33. The third kappa shape index (κ3) is 8.62. The molecule has 0 aliphatic carbocycles. The van der Waals surface area contributed by atoms with Crippen LogP contribution in [0.15, 0.2) is 84.9 Å². The van der Waals surface area contributed by atoms with Gasteiger partial charge in [-0.3, -0.25) is 0 Å². The molecule has 6 heteroatoms. The predicted molar refractivity (Wildman–Crippen MR) is 152 cm³/mol. The molecule has 6 nitrogen and oxygen atoms in total. The lowest BCUT2D eigenvalue weighted by Crippen LogP contribution is -2.46. The van der Waals surface area contributed by atoms with Crippen molar-refractivity contribution in [2.45, 2.75) is 32.2 Å². The molecule has 1 saturated heterocycles. The van der Waals surface area contributed by atoms with Crippen LogP contribution in [0.5, 0.6) is 5.75 Å². The average molecular weight is 501 g/mol. The van der Waals surface area contributed by atoms with Crippen LogP contribution < -0.4 is 15.4 Å². The maximum atomic E-state index is 12.8. The summed E-state index contributed by atoms with van der Waals surface area (Å²) in [5.74, 6) is 0.934. The topological polar surface area (TPSA) is 56.8 Å². The number of hydrogen-bond acceptors (Lipinski definition) is 4. The number of nitrogens with one attached hydrogen (secondary N) is 2. The number of carbonyl (C=O) groups excluding carboxylic acids is 1. The number of ether oxygens (including phenoxy) is 1. The standard InChI is InChI=1S/C31H40N4O2/c1-2-34(24-25-37-28-14-7-4-8-15-28)20-11-21-35-22-18-27(19-23-35)32-31(36)33-30-17-10-9-16-29(30)26-12-5-3-6-13-26/h3-10,12-17,27H,2,11,18-25H2,1H3,(H2,32,33,36). The number of carbonyl (C=O) groups is 1. The molecule has 2 N–H and O–H groups in total. The molecule has 0 bridgehead atoms. The number of anilines is 1. The van der Waals surface area contributed by atoms with E-state index >= 15 is 0 Å². The molecule has 4 rings (SSSR count). The Morgan fingerprint density at radius 3 is 2.32 bits per heavy atom. The van der Waals surface area contributed by atoms with Gasteiger partial charge in [0.2, 0.25) is 0 Å². The van der Waals surface area contributed by atoms with Crippen molar-refractivity contribution >= 4 is 11.7 Å². The van der Waals surface area contributed by atoms with Gasteiger partial charge in [-0.2, -0.15) is 0 Å². The first kappa shape index (κ1) is 26.7. The molecule has 3 aromatic rings. The minimum absolute atomic E-state index is 0.127. The summed E-state index contributed by atoms with van der Waals surface area (Å²) in [5, 5.41) is 6.26. The number of urea groups is 1. The molecule has 2 amide bonds. The second kappa shape index (κ2) is 14.4. The molecule has 0 radical (unpaired) electrons. The van der Waals surface area contributed by atoms with Crippen LogP contribution in [-0.4, -0.2) is 67.7 Å². The fraction of sp³-hybridized carbons (Fsp3) is 0.387. The number of amides is 2. The van der Waals surface area contributed by atoms with Crippen LogP contribution in [0.3, 0.4) is 0 Å². The highest BCUT2D eigenvalue weighted by Gasteiger charge is 2.21. The van der Waals surface area contributed by atoms with E-state index in [0.717, 1.165) is 81.1 Å². The lowest BCUT2D eigenvalue weighted by molar-refractivity contribution is 0.174. The first-order valence-electron chi connectivity index (χ1n) is 13.6. The van der Waals surface area contributed by atoms with Gasteiger partial charge < -0.3 is 25.2 Å². The lowest BCUT2D eigenvalue weighted by atomic mass is 10.0. The van der Waals surface area contributed by atoms with Gasteiger partial charge in [0.05, 0.1) is 5.69 Å². The van der Waals surface area contributed by atoms with E-state index in [4.69, 9.17) is 4.74 Å². The Morgan fingerprint density at radius 1 is 0.919 bits per heavy atom. The molecule has 1 heterocycles. The van der Waals surface area contributed by atoms with E-state index in [9.17, 15) is 4.79 Å². The highest BCUT2D eigenvalue weighted by Crippen LogP contribution is 2.27. The minimum atomic E-state index is -0.127. The molecule has 3 aromatic carbocycles. The fourth-order valence-corrected chi connectivity index (χ4v) is 4.86. The summed E-state index contributed by atoms with van der Waals surface area (Å²) in [6.45, 7) is 9.13. The molecule has 37 heavy (non-hydrogen) atoms. The summed E-state index contributed by atoms with van der Waals surface area (Å²) in [4.78, 5) is 17.7. The number of rotatable bonds is 12. The summed E-state index contributed by atoms with van der Waals surface area (Å²) < 4.78 is 5.85. The molecular formula is C31H40N4O2. The van der Waals surface area contributed by atoms with Gasteiger partial charge in [0, 0.05) is 31.2 Å². The van der Waals surface area contributed by atoms with E-state index in [1.807, 2.05) is 72.8 Å². The van der Waals surface area contributed by atoms with Crippen molar-refractivity contribution in [3.63, 3.8) is 0 Å². The van der Waals surface area contributed by atoms with Crippen LogP contribution >= 0.6 is 0 Å². The van der Waals surface area contributed by atoms with Gasteiger partial charge in [-0.25, -0.2) is 4.79 Å². The summed E-state index contributed by atoms with van der Waals surface area (Å²) in [7, 11) is 0. The number of nitrogens with zero attached hydrogens (tertiary/aromatic N) is 2. The van der Waals surface area contributed by atoms with Crippen LogP contribution in [0, 0.1) is 0 Å². The van der Waals surface area contributed by atoms with Crippen LogP contribution in [0.4, 0.5) is 10.5 Å². The van der Waals surface area contributed by atoms with Crippen LogP contribution in [0.25, 0.3) is 11.1 Å². The molecule has 0 unspecified atom stereocenters. The molecule has 0 spiro atoms. The van der Waals surface area contributed by atoms with Crippen molar-refractivity contribution in [1.82, 2.24) is 15.1 Å². The fourth-order valence-electron chi connectivity index (χ4n) is 4.86. The smallest absolute Gasteiger partial charge is 0.319 e. The Bertz CT molecular complexity index is 1070. The molecule has 0 aromatic heterocycles. The zero-order valence-electron chi connectivity index (χ0n) is 21.9. The van der Waals surface area contributed by atoms with E-state index < -0.39 is 0 Å². The number of likely N-dealkylation sites (tertiary alicyclic amines) is 1. The molecule has 1 aliphatic rings. The summed E-state index contributed by atoms with van der Waals surface area (Å²) in [6, 6.07) is 28.2. The number of piperidine rings is 1. The van der Waals surface area contributed by atoms with Gasteiger partial charge >= 0.3 is 6.03 Å². The van der Waals surface area contributed by atoms with Crippen molar-refractivity contribution in [2.24, 2.45) is 0 Å². The molecule has 196 valence electrons. The summed E-state index contributed by atoms with van der Waals surface area (Å²) in [5.41, 5.74) is 2.95. The SMILES string of the molecule is CCN(CCCN1CCC(NC(=O)Nc2ccccc2-c2ccccc2)CC1)CCOc1ccccc1. The van der Waals surface area contributed by atoms with E-state index in [2.05, 4.69) is 39.5 Å². The van der Waals surface area contributed by atoms with Crippen molar-refractivity contribution < 1.29 is 9.53 Å². The zero-order chi connectivity index (χ0) is 25.7. The molecular weight excluding hydrogens is 460 g/mol. The number of benzene rings is 3. The minimum Gasteiger partial charge on any atom is -0.492 e. The van der Waals surface area contributed by atoms with Gasteiger partial charge in [-0.15, -0.1) is 0 Å². The van der Waals surface area contributed by atoms with Crippen molar-refractivity contribution in [3.05, 3.63) is 84.9 Å². The Hall–Kier alpha value is -3.35. The highest BCUT2D eigenvalue weighted by atomic mass is 16.5. The third-order valence-electron chi connectivity index (χ3n) is 7.00. The Morgan fingerprint density at radius 2 is 1.59 bits per heavy atom. The number of hydrogen-bond donors (Lipinski definition) is 2. The van der Waals surface area contributed by atoms with Crippen molar-refractivity contribution in [1.29, 1.82) is 0 Å². The van der Waals surface area contributed by atoms with E-state index in [1.165, 1.54) is 0 Å². The number of para-hydroxylation sites is 2. The largest absolute Gasteiger partial charge is 0.492 e. The molecule has 1 aliphatic heterocycles. The second-order valence-electron chi connectivity index (χ2n) is 9.58. The Labute approximate surface area is 221 Å². The average Bonchev–Trinajstić information content (AvgIpc) is 2.94. The quantitative estimate of drug-likeness (QED) is 0.333. The van der Waals surface area contributed by atoms with E-state index in [1.54, 1.807) is 0 Å². The van der Waals surface area contributed by atoms with Gasteiger partial charge in [-0.05, 0) is 62.7 Å². The first-order valence-corrected chi connectivity index (χ1v) is 13.6. The summed E-state index contributed by atoms with van der Waals surface area (Å²) in [6.07, 6.45) is 3.11. The van der Waals surface area contributed by atoms with Gasteiger partial charge in [-0.1, -0.05) is 73.7 Å². The normalized spacial score (nSPS) is 14.4. The summed E-state index contributed by atoms with van der Waals surface area (Å²) >= 11 is 0. The molecule has 0 saturated carbocycles. The predicted octanol–water partition coefficient (Wildman–Crippen LogP) is 5.73. The zero-order valence-corrected chi connectivity index (χ0v) is 21.9. The van der Waals surface area contributed by atoms with Crippen molar-refractivity contribution in [3.8, 4) is 16.9 Å². The highest BCUT2D eigenvalue weighted by molar-refractivity contribution is 5.94. The first-order chi connectivity index (χ1) is 18.2. The van der Waals surface area contributed by atoms with E-state index in [-0.39, 0.29) is 12.1 Å². The van der Waals surface area contributed by atoms with Crippen LogP contribution in [-0.2, 0) is 0 Å². The molecule has 1 fully saturated rings.